The number of hydrogen-bond donors (Lipinski definition) is 3. The van der Waals surface area contributed by atoms with E-state index in [1.54, 1.807) is 24.3 Å². The lowest BCUT2D eigenvalue weighted by atomic mass is 9.93. The third kappa shape index (κ3) is 4.03. The fraction of sp³-hybridized carbons (Fsp3) is 0.357. The highest BCUT2D eigenvalue weighted by atomic mass is 16.5. The van der Waals surface area contributed by atoms with Crippen LogP contribution >= 0.6 is 0 Å². The van der Waals surface area contributed by atoms with E-state index >= 15 is 0 Å². The molecule has 7 nitrogen and oxygen atoms in total. The van der Waals surface area contributed by atoms with E-state index < -0.39 is 23.5 Å². The van der Waals surface area contributed by atoms with Crippen molar-refractivity contribution in [2.45, 2.75) is 24.9 Å². The van der Waals surface area contributed by atoms with Crippen molar-refractivity contribution in [1.82, 2.24) is 0 Å². The molecule has 0 amide bonds. The highest BCUT2D eigenvalue weighted by Gasteiger charge is 2.47. The number of hydrogen-bond acceptors (Lipinski definition) is 4. The van der Waals surface area contributed by atoms with Crippen molar-refractivity contribution in [3.05, 3.63) is 35.4 Å². The zero-order valence-electron chi connectivity index (χ0n) is 11.4. The summed E-state index contributed by atoms with van der Waals surface area (Å²) < 4.78 is 4.70. The van der Waals surface area contributed by atoms with Gasteiger partial charge in [0.05, 0.1) is 0 Å². The summed E-state index contributed by atoms with van der Waals surface area (Å²) >= 11 is 0. The maximum atomic E-state index is 11.2. The second-order valence-corrected chi connectivity index (χ2v) is 4.53. The fourth-order valence-corrected chi connectivity index (χ4v) is 1.85. The van der Waals surface area contributed by atoms with E-state index in [0.29, 0.717) is 12.0 Å². The molecule has 0 radical (unpaired) electrons. The van der Waals surface area contributed by atoms with Crippen LogP contribution < -0.4 is 0 Å². The maximum absolute atomic E-state index is 11.2. The van der Waals surface area contributed by atoms with Gasteiger partial charge in [0.2, 0.25) is 0 Å². The number of aryl methyl sites for hydroxylation is 1. The van der Waals surface area contributed by atoms with Gasteiger partial charge >= 0.3 is 17.9 Å². The van der Waals surface area contributed by atoms with Crippen molar-refractivity contribution in [1.29, 1.82) is 0 Å². The molecule has 0 fully saturated rings. The third-order valence-electron chi connectivity index (χ3n) is 3.14. The van der Waals surface area contributed by atoms with Crippen LogP contribution in [-0.2, 0) is 32.0 Å². The Balaban J connectivity index is 2.89. The van der Waals surface area contributed by atoms with Crippen molar-refractivity contribution in [3.63, 3.8) is 0 Å². The Bertz CT molecular complexity index is 519. The Morgan fingerprint density at radius 2 is 1.48 bits per heavy atom. The number of benzene rings is 1. The van der Waals surface area contributed by atoms with Crippen molar-refractivity contribution in [2.24, 2.45) is 0 Å². The molecule has 114 valence electrons. The van der Waals surface area contributed by atoms with Crippen LogP contribution in [0.5, 0.6) is 0 Å². The molecule has 1 aromatic carbocycles. The molecule has 0 aliphatic heterocycles. The molecule has 3 N–H and O–H groups in total. The molecule has 0 spiro atoms. The minimum absolute atomic E-state index is 0.00833. The van der Waals surface area contributed by atoms with Gasteiger partial charge < -0.3 is 20.1 Å². The first-order valence-corrected chi connectivity index (χ1v) is 6.13. The first-order valence-electron chi connectivity index (χ1n) is 6.13. The summed E-state index contributed by atoms with van der Waals surface area (Å²) in [6.45, 7) is 0. The number of carboxylic acid groups (broad SMARTS) is 3. The van der Waals surface area contributed by atoms with Gasteiger partial charge in [-0.3, -0.25) is 4.79 Å². The minimum atomic E-state index is -2.33. The van der Waals surface area contributed by atoms with Crippen LogP contribution in [-0.4, -0.2) is 45.9 Å². The van der Waals surface area contributed by atoms with Crippen LogP contribution in [0.4, 0.5) is 0 Å². The third-order valence-corrected chi connectivity index (χ3v) is 3.14. The predicted octanol–water partition coefficient (Wildman–Crippen LogP) is 0.801. The summed E-state index contributed by atoms with van der Waals surface area (Å²) in [6.07, 6.45) is 0.0158. The lowest BCUT2D eigenvalue weighted by molar-refractivity contribution is -0.179. The van der Waals surface area contributed by atoms with E-state index in [0.717, 1.165) is 12.7 Å². The Morgan fingerprint density at radius 3 is 1.86 bits per heavy atom. The van der Waals surface area contributed by atoms with E-state index in [-0.39, 0.29) is 12.8 Å². The fourth-order valence-electron chi connectivity index (χ4n) is 1.85. The van der Waals surface area contributed by atoms with Crippen LogP contribution in [0, 0.1) is 0 Å². The van der Waals surface area contributed by atoms with E-state index in [4.69, 9.17) is 20.1 Å². The van der Waals surface area contributed by atoms with Gasteiger partial charge in [-0.05, 0) is 17.5 Å². The summed E-state index contributed by atoms with van der Waals surface area (Å²) in [6, 6.07) is 6.42. The van der Waals surface area contributed by atoms with E-state index in [1.165, 1.54) is 0 Å². The smallest absolute Gasteiger partial charge is 0.348 e. The van der Waals surface area contributed by atoms with E-state index in [9.17, 15) is 14.4 Å². The first-order chi connectivity index (χ1) is 9.81. The highest BCUT2D eigenvalue weighted by molar-refractivity contribution is 6.02. The summed E-state index contributed by atoms with van der Waals surface area (Å²) in [5, 5.41) is 26.8. The van der Waals surface area contributed by atoms with Gasteiger partial charge in [0.25, 0.3) is 5.60 Å². The van der Waals surface area contributed by atoms with Crippen molar-refractivity contribution in [2.75, 3.05) is 7.11 Å². The molecule has 0 bridgehead atoms. The molecular formula is C14H16O7. The molecule has 0 saturated heterocycles. The molecule has 0 aliphatic carbocycles. The van der Waals surface area contributed by atoms with Gasteiger partial charge in [-0.25, -0.2) is 9.59 Å². The Hall–Kier alpha value is -2.41. The average molecular weight is 296 g/mol. The van der Waals surface area contributed by atoms with Gasteiger partial charge in [0.15, 0.2) is 0 Å². The molecule has 0 saturated carbocycles. The molecule has 0 aromatic heterocycles. The molecule has 0 heterocycles. The van der Waals surface area contributed by atoms with Crippen molar-refractivity contribution >= 4 is 17.9 Å². The average Bonchev–Trinajstić information content (AvgIpc) is 2.43. The van der Waals surface area contributed by atoms with Crippen LogP contribution in [0.2, 0.25) is 0 Å². The van der Waals surface area contributed by atoms with Crippen LogP contribution in [0.3, 0.4) is 0 Å². The molecule has 1 rings (SSSR count). The summed E-state index contributed by atoms with van der Waals surface area (Å²) in [5.74, 6) is -4.06. The lowest BCUT2D eigenvalue weighted by Crippen LogP contribution is -2.50. The SMILES string of the molecule is COC(Cc1ccc(CCC(=O)O)cc1)(C(=O)O)C(=O)O. The molecule has 21 heavy (non-hydrogen) atoms. The molecule has 1 aromatic rings. The number of ether oxygens (including phenoxy) is 1. The van der Waals surface area contributed by atoms with Crippen molar-refractivity contribution in [3.8, 4) is 0 Å². The predicted molar refractivity (Wildman–Crippen MR) is 71.1 cm³/mol. The maximum Gasteiger partial charge on any atom is 0.348 e. The van der Waals surface area contributed by atoms with E-state index in [1.807, 2.05) is 0 Å². The molecule has 0 unspecified atom stereocenters. The number of aliphatic carboxylic acids is 3. The van der Waals surface area contributed by atoms with Gasteiger partial charge in [-0.2, -0.15) is 0 Å². The molecule has 7 heteroatoms. The molecular weight excluding hydrogens is 280 g/mol. The quantitative estimate of drug-likeness (QED) is 0.606. The van der Waals surface area contributed by atoms with Crippen LogP contribution in [0.15, 0.2) is 24.3 Å². The zero-order chi connectivity index (χ0) is 16.0. The normalized spacial score (nSPS) is 11.1. The lowest BCUT2D eigenvalue weighted by Gasteiger charge is -2.23. The topological polar surface area (TPSA) is 121 Å². The summed E-state index contributed by atoms with van der Waals surface area (Å²) in [7, 11) is 1.03. The summed E-state index contributed by atoms with van der Waals surface area (Å²) in [5.41, 5.74) is -1.08. The molecule has 0 aliphatic rings. The zero-order valence-corrected chi connectivity index (χ0v) is 11.4. The molecule has 0 atom stereocenters. The second kappa shape index (κ2) is 6.85. The van der Waals surface area contributed by atoms with Crippen LogP contribution in [0.1, 0.15) is 17.5 Å². The summed E-state index contributed by atoms with van der Waals surface area (Å²) in [4.78, 5) is 32.8. The Labute approximate surface area is 120 Å². The second-order valence-electron chi connectivity index (χ2n) is 4.53. The largest absolute Gasteiger partial charge is 0.481 e. The Kier molecular flexibility index (Phi) is 5.43. The number of carboxylic acids is 3. The monoisotopic (exact) mass is 296 g/mol. The number of carbonyl (C=O) groups is 3. The Morgan fingerprint density at radius 1 is 1.00 bits per heavy atom. The number of rotatable bonds is 8. The first kappa shape index (κ1) is 16.6. The van der Waals surface area contributed by atoms with Gasteiger partial charge in [-0.1, -0.05) is 24.3 Å². The minimum Gasteiger partial charge on any atom is -0.481 e. The highest BCUT2D eigenvalue weighted by Crippen LogP contribution is 2.19. The van der Waals surface area contributed by atoms with Crippen LogP contribution in [0.25, 0.3) is 0 Å². The number of methoxy groups -OCH3 is 1. The van der Waals surface area contributed by atoms with E-state index in [2.05, 4.69) is 0 Å². The standard InChI is InChI=1S/C14H16O7/c1-21-14(12(17)18,13(19)20)8-10-4-2-9(3-5-10)6-7-11(15)16/h2-5H,6-8H2,1H3,(H,15,16)(H,17,18)(H,19,20). The van der Waals surface area contributed by atoms with Gasteiger partial charge in [0, 0.05) is 20.0 Å². The van der Waals surface area contributed by atoms with Crippen molar-refractivity contribution < 1.29 is 34.4 Å². The van der Waals surface area contributed by atoms with Gasteiger partial charge in [0.1, 0.15) is 0 Å². The van der Waals surface area contributed by atoms with Gasteiger partial charge in [-0.15, -0.1) is 0 Å².